The van der Waals surface area contributed by atoms with Gasteiger partial charge in [-0.15, -0.1) is 12.4 Å². The first-order valence-electron chi connectivity index (χ1n) is 8.09. The minimum absolute atomic E-state index is 0. The van der Waals surface area contributed by atoms with Crippen LogP contribution in [0.1, 0.15) is 33.8 Å². The number of benzene rings is 1. The van der Waals surface area contributed by atoms with Gasteiger partial charge < -0.3 is 16.4 Å². The van der Waals surface area contributed by atoms with E-state index in [2.05, 4.69) is 15.7 Å². The summed E-state index contributed by atoms with van der Waals surface area (Å²) in [6.07, 6.45) is 2.22. The maximum atomic E-state index is 12.3. The molecule has 1 aromatic carbocycles. The van der Waals surface area contributed by atoms with Gasteiger partial charge in [-0.25, -0.2) is 4.68 Å². The summed E-state index contributed by atoms with van der Waals surface area (Å²) in [6, 6.07) is 10.6. The Morgan fingerprint density at radius 1 is 1.32 bits per heavy atom. The fourth-order valence-electron chi connectivity index (χ4n) is 2.86. The number of para-hydroxylation sites is 1. The van der Waals surface area contributed by atoms with Crippen LogP contribution in [0.5, 0.6) is 0 Å². The van der Waals surface area contributed by atoms with Crippen molar-refractivity contribution in [1.29, 1.82) is 0 Å². The minimum atomic E-state index is -0.623. The molecule has 2 amide bonds. The van der Waals surface area contributed by atoms with Gasteiger partial charge in [0.25, 0.3) is 11.8 Å². The zero-order valence-corrected chi connectivity index (χ0v) is 14.6. The van der Waals surface area contributed by atoms with Gasteiger partial charge in [-0.3, -0.25) is 9.59 Å². The molecule has 1 aliphatic rings. The SMILES string of the molecule is Cl.NC(=O)c1cc(C(=O)NCC2CCCNC2)nn1-c1ccccc1. The summed E-state index contributed by atoms with van der Waals surface area (Å²) in [5, 5.41) is 10.5. The zero-order valence-electron chi connectivity index (χ0n) is 13.8. The van der Waals surface area contributed by atoms with Crippen molar-refractivity contribution in [1.82, 2.24) is 20.4 Å². The predicted molar refractivity (Wildman–Crippen MR) is 97.3 cm³/mol. The fourth-order valence-corrected chi connectivity index (χ4v) is 2.86. The number of piperidine rings is 1. The fraction of sp³-hybridized carbons (Fsp3) is 0.353. The van der Waals surface area contributed by atoms with E-state index >= 15 is 0 Å². The van der Waals surface area contributed by atoms with Crippen molar-refractivity contribution in [3.63, 3.8) is 0 Å². The molecular formula is C17H22ClN5O2. The van der Waals surface area contributed by atoms with E-state index < -0.39 is 5.91 Å². The molecular weight excluding hydrogens is 342 g/mol. The number of halogens is 1. The Labute approximate surface area is 152 Å². The van der Waals surface area contributed by atoms with Crippen LogP contribution in [0, 0.1) is 5.92 Å². The second-order valence-corrected chi connectivity index (χ2v) is 5.95. The molecule has 1 saturated heterocycles. The van der Waals surface area contributed by atoms with Crippen LogP contribution in [0.2, 0.25) is 0 Å². The van der Waals surface area contributed by atoms with Gasteiger partial charge in [-0.05, 0) is 44.0 Å². The molecule has 0 aliphatic carbocycles. The van der Waals surface area contributed by atoms with E-state index in [1.807, 2.05) is 18.2 Å². The molecule has 2 heterocycles. The number of nitrogens with zero attached hydrogens (tertiary/aromatic N) is 2. The Kier molecular flexibility index (Phi) is 6.55. The third-order valence-corrected chi connectivity index (χ3v) is 4.15. The zero-order chi connectivity index (χ0) is 16.9. The van der Waals surface area contributed by atoms with Crippen molar-refractivity contribution in [2.75, 3.05) is 19.6 Å². The molecule has 2 aromatic rings. The van der Waals surface area contributed by atoms with Gasteiger partial charge in [-0.2, -0.15) is 5.10 Å². The number of hydrogen-bond acceptors (Lipinski definition) is 4. The number of carbonyl (C=O) groups excluding carboxylic acids is 2. The van der Waals surface area contributed by atoms with Crippen LogP contribution >= 0.6 is 12.4 Å². The molecule has 4 N–H and O–H groups in total. The Morgan fingerprint density at radius 2 is 2.08 bits per heavy atom. The third kappa shape index (κ3) is 4.58. The highest BCUT2D eigenvalue weighted by Crippen LogP contribution is 2.13. The molecule has 1 fully saturated rings. The molecule has 0 spiro atoms. The van der Waals surface area contributed by atoms with E-state index in [0.717, 1.165) is 25.9 Å². The van der Waals surface area contributed by atoms with Crippen molar-refractivity contribution in [2.24, 2.45) is 11.7 Å². The van der Waals surface area contributed by atoms with Crippen molar-refractivity contribution < 1.29 is 9.59 Å². The second-order valence-electron chi connectivity index (χ2n) is 5.95. The summed E-state index contributed by atoms with van der Waals surface area (Å²) in [5.41, 5.74) is 6.48. The molecule has 0 bridgehead atoms. The number of rotatable bonds is 5. The quantitative estimate of drug-likeness (QED) is 0.740. The summed E-state index contributed by atoms with van der Waals surface area (Å²) in [7, 11) is 0. The largest absolute Gasteiger partial charge is 0.364 e. The molecule has 134 valence electrons. The summed E-state index contributed by atoms with van der Waals surface area (Å²) in [5.74, 6) is -0.492. The lowest BCUT2D eigenvalue weighted by atomic mass is 10.00. The molecule has 1 aromatic heterocycles. The summed E-state index contributed by atoms with van der Waals surface area (Å²) >= 11 is 0. The minimum Gasteiger partial charge on any atom is -0.364 e. The molecule has 8 heteroatoms. The van der Waals surface area contributed by atoms with Gasteiger partial charge >= 0.3 is 0 Å². The summed E-state index contributed by atoms with van der Waals surface area (Å²) < 4.78 is 1.40. The van der Waals surface area contributed by atoms with Gasteiger partial charge in [0.1, 0.15) is 5.69 Å². The van der Waals surface area contributed by atoms with Gasteiger partial charge in [0.15, 0.2) is 5.69 Å². The van der Waals surface area contributed by atoms with E-state index in [0.29, 0.717) is 18.2 Å². The van der Waals surface area contributed by atoms with Crippen LogP contribution < -0.4 is 16.4 Å². The van der Waals surface area contributed by atoms with E-state index in [4.69, 9.17) is 5.73 Å². The molecule has 0 radical (unpaired) electrons. The molecule has 25 heavy (non-hydrogen) atoms. The molecule has 1 atom stereocenters. The van der Waals surface area contributed by atoms with Crippen molar-refractivity contribution in [3.05, 3.63) is 47.8 Å². The highest BCUT2D eigenvalue weighted by molar-refractivity contribution is 5.97. The normalized spacial score (nSPS) is 16.7. The van der Waals surface area contributed by atoms with Crippen LogP contribution in [-0.4, -0.2) is 41.2 Å². The van der Waals surface area contributed by atoms with Crippen LogP contribution in [0.4, 0.5) is 0 Å². The van der Waals surface area contributed by atoms with E-state index in [1.54, 1.807) is 12.1 Å². The number of nitrogens with one attached hydrogen (secondary N) is 2. The number of nitrogens with two attached hydrogens (primary N) is 1. The van der Waals surface area contributed by atoms with E-state index in [-0.39, 0.29) is 29.7 Å². The summed E-state index contributed by atoms with van der Waals surface area (Å²) in [4.78, 5) is 24.0. The monoisotopic (exact) mass is 363 g/mol. The summed E-state index contributed by atoms with van der Waals surface area (Å²) in [6.45, 7) is 2.54. The standard InChI is InChI=1S/C17H21N5O2.ClH/c18-16(23)15-9-14(21-22(15)13-6-2-1-3-7-13)17(24)20-11-12-5-4-8-19-10-12;/h1-3,6-7,9,12,19H,4-5,8,10-11H2,(H2,18,23)(H,20,24);1H. The first kappa shape index (κ1) is 19.0. The number of amides is 2. The lowest BCUT2D eigenvalue weighted by Gasteiger charge is -2.22. The Morgan fingerprint density at radius 3 is 2.72 bits per heavy atom. The highest BCUT2D eigenvalue weighted by Gasteiger charge is 2.20. The molecule has 1 aliphatic heterocycles. The molecule has 7 nitrogen and oxygen atoms in total. The first-order chi connectivity index (χ1) is 11.6. The maximum Gasteiger partial charge on any atom is 0.271 e. The average molecular weight is 364 g/mol. The van der Waals surface area contributed by atoms with Crippen LogP contribution in [-0.2, 0) is 0 Å². The molecule has 0 saturated carbocycles. The van der Waals surface area contributed by atoms with Gasteiger partial charge in [0.2, 0.25) is 0 Å². The second kappa shape index (κ2) is 8.64. The van der Waals surface area contributed by atoms with Crippen molar-refractivity contribution in [3.8, 4) is 5.69 Å². The predicted octanol–water partition coefficient (Wildman–Crippen LogP) is 1.12. The Bertz CT molecular complexity index is 726. The van der Waals surface area contributed by atoms with E-state index in [1.165, 1.54) is 10.7 Å². The number of hydrogen-bond donors (Lipinski definition) is 3. The van der Waals surface area contributed by atoms with Crippen molar-refractivity contribution >= 4 is 24.2 Å². The van der Waals surface area contributed by atoms with Crippen LogP contribution in [0.3, 0.4) is 0 Å². The molecule has 3 rings (SSSR count). The average Bonchev–Trinajstić information content (AvgIpc) is 3.07. The molecule has 1 unspecified atom stereocenters. The topological polar surface area (TPSA) is 102 Å². The number of primary amides is 1. The smallest absolute Gasteiger partial charge is 0.271 e. The van der Waals surface area contributed by atoms with Gasteiger partial charge in [0, 0.05) is 12.6 Å². The van der Waals surface area contributed by atoms with Gasteiger partial charge in [0.05, 0.1) is 5.69 Å². The highest BCUT2D eigenvalue weighted by atomic mass is 35.5. The Balaban J connectivity index is 0.00000225. The van der Waals surface area contributed by atoms with Crippen LogP contribution in [0.25, 0.3) is 5.69 Å². The number of carbonyl (C=O) groups is 2. The first-order valence-corrected chi connectivity index (χ1v) is 8.09. The number of aromatic nitrogens is 2. The lowest BCUT2D eigenvalue weighted by Crippen LogP contribution is -2.38. The third-order valence-electron chi connectivity index (χ3n) is 4.15. The Hall–Kier alpha value is -2.38. The lowest BCUT2D eigenvalue weighted by molar-refractivity contribution is 0.0938. The van der Waals surface area contributed by atoms with Crippen molar-refractivity contribution in [2.45, 2.75) is 12.8 Å². The maximum absolute atomic E-state index is 12.3. The van der Waals surface area contributed by atoms with Crippen LogP contribution in [0.15, 0.2) is 36.4 Å². The van der Waals surface area contributed by atoms with Gasteiger partial charge in [-0.1, -0.05) is 18.2 Å². The van der Waals surface area contributed by atoms with E-state index in [9.17, 15) is 9.59 Å².